The summed E-state index contributed by atoms with van der Waals surface area (Å²) in [7, 11) is 0. The van der Waals surface area contributed by atoms with Crippen molar-refractivity contribution in [3.8, 4) is 5.75 Å². The summed E-state index contributed by atoms with van der Waals surface area (Å²) in [5, 5.41) is 0. The second-order valence-corrected chi connectivity index (χ2v) is 6.08. The van der Waals surface area contributed by atoms with Crippen molar-refractivity contribution in [2.75, 3.05) is 13.1 Å². The molecule has 5 heteroatoms. The fraction of sp³-hybridized carbons (Fsp3) is 0.300. The molecular formula is C20H23N3O2. The van der Waals surface area contributed by atoms with Gasteiger partial charge in [0, 0.05) is 31.4 Å². The van der Waals surface area contributed by atoms with Crippen molar-refractivity contribution in [3.63, 3.8) is 0 Å². The number of hydrogen-bond acceptors (Lipinski definition) is 4. The van der Waals surface area contributed by atoms with Crippen LogP contribution >= 0.6 is 0 Å². The normalized spacial score (nSPS) is 17.2. The van der Waals surface area contributed by atoms with Crippen LogP contribution < -0.4 is 10.5 Å². The molecule has 1 saturated heterocycles. The number of rotatable bonds is 6. The zero-order chi connectivity index (χ0) is 17.5. The van der Waals surface area contributed by atoms with E-state index in [4.69, 9.17) is 10.5 Å². The standard InChI is InChI=1S/C20H23N3O2/c21-14-18-5-3-13-23(18)20(24)11-8-16-6-9-19(10-7-16)25-15-17-4-1-2-12-22-17/h1-2,4,6-12,18H,3,5,13-15,21H2. The largest absolute Gasteiger partial charge is 0.487 e. The fourth-order valence-electron chi connectivity index (χ4n) is 2.95. The molecular weight excluding hydrogens is 314 g/mol. The number of benzene rings is 1. The van der Waals surface area contributed by atoms with Crippen molar-refractivity contribution < 1.29 is 9.53 Å². The predicted molar refractivity (Wildman–Crippen MR) is 97.8 cm³/mol. The van der Waals surface area contributed by atoms with Gasteiger partial charge in [-0.15, -0.1) is 0 Å². The lowest BCUT2D eigenvalue weighted by Crippen LogP contribution is -2.38. The van der Waals surface area contributed by atoms with E-state index in [-0.39, 0.29) is 11.9 Å². The highest BCUT2D eigenvalue weighted by atomic mass is 16.5. The van der Waals surface area contributed by atoms with Crippen molar-refractivity contribution in [2.24, 2.45) is 5.73 Å². The first-order valence-electron chi connectivity index (χ1n) is 8.58. The van der Waals surface area contributed by atoms with Crippen molar-refractivity contribution in [3.05, 3.63) is 66.0 Å². The van der Waals surface area contributed by atoms with Gasteiger partial charge in [-0.1, -0.05) is 18.2 Å². The maximum absolute atomic E-state index is 12.3. The molecule has 1 amide bonds. The Hall–Kier alpha value is -2.66. The molecule has 1 aromatic carbocycles. The van der Waals surface area contributed by atoms with Gasteiger partial charge in [0.25, 0.3) is 0 Å². The summed E-state index contributed by atoms with van der Waals surface area (Å²) < 4.78 is 5.71. The van der Waals surface area contributed by atoms with Crippen molar-refractivity contribution >= 4 is 12.0 Å². The van der Waals surface area contributed by atoms with Gasteiger partial charge >= 0.3 is 0 Å². The third kappa shape index (κ3) is 4.67. The molecule has 130 valence electrons. The molecule has 2 aromatic rings. The van der Waals surface area contributed by atoms with Crippen LogP contribution in [0.2, 0.25) is 0 Å². The van der Waals surface area contributed by atoms with Crippen LogP contribution in [0.15, 0.2) is 54.7 Å². The number of pyridine rings is 1. The molecule has 1 atom stereocenters. The van der Waals surface area contributed by atoms with Gasteiger partial charge < -0.3 is 15.4 Å². The van der Waals surface area contributed by atoms with E-state index in [9.17, 15) is 4.79 Å². The van der Waals surface area contributed by atoms with E-state index < -0.39 is 0 Å². The highest BCUT2D eigenvalue weighted by Crippen LogP contribution is 2.18. The molecule has 0 spiro atoms. The minimum absolute atomic E-state index is 0.0310. The van der Waals surface area contributed by atoms with Crippen LogP contribution in [0.3, 0.4) is 0 Å². The van der Waals surface area contributed by atoms with Gasteiger partial charge in [-0.2, -0.15) is 0 Å². The predicted octanol–water partition coefficient (Wildman–Crippen LogP) is 2.62. The van der Waals surface area contributed by atoms with Crippen LogP contribution in [-0.2, 0) is 11.4 Å². The van der Waals surface area contributed by atoms with Crippen LogP contribution in [-0.4, -0.2) is 34.9 Å². The van der Waals surface area contributed by atoms with E-state index in [1.54, 1.807) is 12.3 Å². The van der Waals surface area contributed by atoms with Crippen LogP contribution in [0.5, 0.6) is 5.75 Å². The molecule has 1 fully saturated rings. The highest BCUT2D eigenvalue weighted by molar-refractivity contribution is 5.92. The van der Waals surface area contributed by atoms with Gasteiger partial charge in [-0.05, 0) is 48.7 Å². The average molecular weight is 337 g/mol. The number of ether oxygens (including phenoxy) is 1. The number of carbonyl (C=O) groups is 1. The molecule has 0 radical (unpaired) electrons. The van der Waals surface area contributed by atoms with Gasteiger partial charge in [0.1, 0.15) is 12.4 Å². The molecule has 0 bridgehead atoms. The maximum atomic E-state index is 12.3. The topological polar surface area (TPSA) is 68.5 Å². The van der Waals surface area contributed by atoms with Gasteiger partial charge in [0.05, 0.1) is 5.69 Å². The van der Waals surface area contributed by atoms with E-state index in [1.165, 1.54) is 0 Å². The summed E-state index contributed by atoms with van der Waals surface area (Å²) >= 11 is 0. The Morgan fingerprint density at radius 3 is 2.84 bits per heavy atom. The summed E-state index contributed by atoms with van der Waals surface area (Å²) in [5.41, 5.74) is 7.57. The summed E-state index contributed by atoms with van der Waals surface area (Å²) in [6.45, 7) is 1.76. The monoisotopic (exact) mass is 337 g/mol. The zero-order valence-electron chi connectivity index (χ0n) is 14.2. The first-order valence-corrected chi connectivity index (χ1v) is 8.58. The summed E-state index contributed by atoms with van der Waals surface area (Å²) in [5.74, 6) is 0.806. The van der Waals surface area contributed by atoms with Crippen LogP contribution in [0, 0.1) is 0 Å². The van der Waals surface area contributed by atoms with Crippen LogP contribution in [0.25, 0.3) is 6.08 Å². The van der Waals surface area contributed by atoms with Crippen molar-refractivity contribution in [1.82, 2.24) is 9.88 Å². The third-order valence-electron chi connectivity index (χ3n) is 4.34. The smallest absolute Gasteiger partial charge is 0.246 e. The Morgan fingerprint density at radius 2 is 2.12 bits per heavy atom. The Morgan fingerprint density at radius 1 is 1.28 bits per heavy atom. The van der Waals surface area contributed by atoms with Crippen molar-refractivity contribution in [1.29, 1.82) is 0 Å². The second kappa shape index (κ2) is 8.44. The molecule has 2 N–H and O–H groups in total. The first-order chi connectivity index (χ1) is 12.3. The van der Waals surface area contributed by atoms with Gasteiger partial charge in [0.2, 0.25) is 5.91 Å². The maximum Gasteiger partial charge on any atom is 0.246 e. The lowest BCUT2D eigenvalue weighted by Gasteiger charge is -2.21. The molecule has 2 heterocycles. The molecule has 5 nitrogen and oxygen atoms in total. The minimum Gasteiger partial charge on any atom is -0.487 e. The van der Waals surface area contributed by atoms with E-state index in [2.05, 4.69) is 4.98 Å². The molecule has 0 saturated carbocycles. The molecule has 1 aromatic heterocycles. The Labute approximate surface area is 148 Å². The number of hydrogen-bond donors (Lipinski definition) is 1. The van der Waals surface area contributed by atoms with E-state index in [0.717, 1.165) is 36.4 Å². The summed E-state index contributed by atoms with van der Waals surface area (Å²) in [4.78, 5) is 18.4. The van der Waals surface area contributed by atoms with Crippen molar-refractivity contribution in [2.45, 2.75) is 25.5 Å². The Bertz CT molecular complexity index is 713. The number of amides is 1. The van der Waals surface area contributed by atoms with E-state index >= 15 is 0 Å². The number of carbonyl (C=O) groups excluding carboxylic acids is 1. The van der Waals surface area contributed by atoms with E-state index in [1.807, 2.05) is 53.4 Å². The van der Waals surface area contributed by atoms with Crippen LogP contribution in [0.4, 0.5) is 0 Å². The van der Waals surface area contributed by atoms with Gasteiger partial charge in [0.15, 0.2) is 0 Å². The second-order valence-electron chi connectivity index (χ2n) is 6.08. The van der Waals surface area contributed by atoms with Gasteiger partial charge in [-0.25, -0.2) is 0 Å². The number of nitrogens with zero attached hydrogens (tertiary/aromatic N) is 2. The summed E-state index contributed by atoms with van der Waals surface area (Å²) in [6.07, 6.45) is 7.23. The summed E-state index contributed by atoms with van der Waals surface area (Å²) in [6, 6.07) is 13.6. The number of likely N-dealkylation sites (tertiary alicyclic amines) is 1. The molecule has 25 heavy (non-hydrogen) atoms. The third-order valence-corrected chi connectivity index (χ3v) is 4.34. The minimum atomic E-state index is 0.0310. The number of nitrogens with two attached hydrogens (primary N) is 1. The zero-order valence-corrected chi connectivity index (χ0v) is 14.2. The molecule has 1 aliphatic heterocycles. The lowest BCUT2D eigenvalue weighted by molar-refractivity contribution is -0.126. The number of aromatic nitrogens is 1. The quantitative estimate of drug-likeness (QED) is 0.823. The van der Waals surface area contributed by atoms with E-state index in [0.29, 0.717) is 13.2 Å². The molecule has 0 aliphatic carbocycles. The fourth-order valence-corrected chi connectivity index (χ4v) is 2.95. The Kier molecular flexibility index (Phi) is 5.80. The lowest BCUT2D eigenvalue weighted by atomic mass is 10.2. The molecule has 3 rings (SSSR count). The van der Waals surface area contributed by atoms with Crippen LogP contribution in [0.1, 0.15) is 24.1 Å². The SMILES string of the molecule is NCC1CCCN1C(=O)C=Cc1ccc(OCc2ccccn2)cc1. The average Bonchev–Trinajstić information content (AvgIpc) is 3.15. The highest BCUT2D eigenvalue weighted by Gasteiger charge is 2.25. The molecule has 1 aliphatic rings. The van der Waals surface area contributed by atoms with Gasteiger partial charge in [-0.3, -0.25) is 9.78 Å². The Balaban J connectivity index is 1.54. The first kappa shape index (κ1) is 17.2. The molecule has 1 unspecified atom stereocenters.